The Hall–Kier alpha value is -2.83. The number of carbonyl (C=O) groups excluding carboxylic acids is 2. The van der Waals surface area contributed by atoms with Gasteiger partial charge in [0.2, 0.25) is 0 Å². The number of rotatable bonds is 3. The average molecular weight is 314 g/mol. The van der Waals surface area contributed by atoms with Crippen molar-refractivity contribution in [2.24, 2.45) is 0 Å². The number of amides is 2. The molecule has 120 valence electrons. The van der Waals surface area contributed by atoms with Gasteiger partial charge in [0.25, 0.3) is 5.91 Å². The summed E-state index contributed by atoms with van der Waals surface area (Å²) in [5.74, 6) is -0.130. The van der Waals surface area contributed by atoms with Crippen LogP contribution in [0, 0.1) is 0 Å². The van der Waals surface area contributed by atoms with Gasteiger partial charge in [-0.05, 0) is 43.5 Å². The molecule has 0 atom stereocenters. The zero-order valence-electron chi connectivity index (χ0n) is 12.6. The molecule has 1 saturated heterocycles. The highest BCUT2D eigenvalue weighted by molar-refractivity contribution is 6.01. The Morgan fingerprint density at radius 2 is 1.83 bits per heavy atom. The summed E-state index contributed by atoms with van der Waals surface area (Å²) in [4.78, 5) is 30.6. The molecule has 3 heterocycles. The molecule has 2 N–H and O–H groups in total. The smallest absolute Gasteiger partial charge is 0.305 e. The second-order valence-corrected chi connectivity index (χ2v) is 5.31. The predicted octanol–water partition coefficient (Wildman–Crippen LogP) is 1.74. The van der Waals surface area contributed by atoms with Gasteiger partial charge in [-0.3, -0.25) is 20.4 Å². The number of hydrogen-bond acceptors (Lipinski definition) is 5. The number of piperidine rings is 1. The van der Waals surface area contributed by atoms with E-state index in [1.54, 1.807) is 24.4 Å². The fraction of sp³-hybridized carbons (Fsp3) is 0.312. The Kier molecular flexibility index (Phi) is 4.56. The van der Waals surface area contributed by atoms with Crippen LogP contribution in [-0.4, -0.2) is 29.9 Å². The largest absolute Gasteiger partial charge is 0.459 e. The van der Waals surface area contributed by atoms with Crippen LogP contribution >= 0.6 is 0 Å². The van der Waals surface area contributed by atoms with Gasteiger partial charge in [-0.1, -0.05) is 0 Å². The molecule has 2 amide bonds. The fourth-order valence-corrected chi connectivity index (χ4v) is 2.58. The molecule has 1 fully saturated rings. The van der Waals surface area contributed by atoms with Crippen molar-refractivity contribution in [2.75, 3.05) is 18.0 Å². The maximum absolute atomic E-state index is 12.4. The highest BCUT2D eigenvalue weighted by Gasteiger charge is 2.20. The summed E-state index contributed by atoms with van der Waals surface area (Å²) < 4.78 is 4.97. The molecule has 0 aliphatic carbocycles. The van der Waals surface area contributed by atoms with E-state index >= 15 is 0 Å². The molecule has 0 bridgehead atoms. The van der Waals surface area contributed by atoms with Crippen LogP contribution in [0.4, 0.5) is 5.82 Å². The molecule has 0 radical (unpaired) electrons. The first-order chi connectivity index (χ1) is 11.3. The summed E-state index contributed by atoms with van der Waals surface area (Å²) in [5, 5.41) is 0. The second kappa shape index (κ2) is 6.95. The summed E-state index contributed by atoms with van der Waals surface area (Å²) in [6.45, 7) is 1.77. The number of nitrogens with zero attached hydrogens (tertiary/aromatic N) is 2. The lowest BCUT2D eigenvalue weighted by molar-refractivity contribution is 0.0831. The van der Waals surface area contributed by atoms with E-state index in [4.69, 9.17) is 4.42 Å². The van der Waals surface area contributed by atoms with Crippen molar-refractivity contribution in [2.45, 2.75) is 19.3 Å². The van der Waals surface area contributed by atoms with Crippen molar-refractivity contribution in [3.8, 4) is 0 Å². The molecule has 3 rings (SSSR count). The third-order valence-corrected chi connectivity index (χ3v) is 3.72. The first-order valence-corrected chi connectivity index (χ1v) is 7.60. The normalized spacial score (nSPS) is 14.3. The molecule has 0 saturated carbocycles. The van der Waals surface area contributed by atoms with Crippen LogP contribution in [0.1, 0.15) is 40.2 Å². The predicted molar refractivity (Wildman–Crippen MR) is 83.9 cm³/mol. The molecule has 7 nitrogen and oxygen atoms in total. The van der Waals surface area contributed by atoms with E-state index < -0.39 is 11.8 Å². The van der Waals surface area contributed by atoms with Gasteiger partial charge in [-0.25, -0.2) is 4.98 Å². The average Bonchev–Trinajstić information content (AvgIpc) is 3.15. The fourth-order valence-electron chi connectivity index (χ4n) is 2.58. The lowest BCUT2D eigenvalue weighted by atomic mass is 10.1. The third-order valence-electron chi connectivity index (χ3n) is 3.72. The highest BCUT2D eigenvalue weighted by atomic mass is 16.3. The van der Waals surface area contributed by atoms with Crippen LogP contribution in [0.5, 0.6) is 0 Å². The zero-order chi connectivity index (χ0) is 16.1. The van der Waals surface area contributed by atoms with Gasteiger partial charge >= 0.3 is 5.91 Å². The maximum atomic E-state index is 12.4. The molecule has 7 heteroatoms. The second-order valence-electron chi connectivity index (χ2n) is 5.31. The van der Waals surface area contributed by atoms with Gasteiger partial charge in [-0.2, -0.15) is 0 Å². The number of nitrogens with one attached hydrogen (secondary N) is 2. The van der Waals surface area contributed by atoms with Crippen molar-refractivity contribution in [1.82, 2.24) is 15.8 Å². The molecule has 1 aliphatic heterocycles. The minimum absolute atomic E-state index is 0.132. The van der Waals surface area contributed by atoms with Gasteiger partial charge < -0.3 is 9.32 Å². The first kappa shape index (κ1) is 15.1. The Morgan fingerprint density at radius 1 is 1.04 bits per heavy atom. The summed E-state index contributed by atoms with van der Waals surface area (Å²) in [6.07, 6.45) is 6.44. The van der Waals surface area contributed by atoms with E-state index in [1.807, 2.05) is 0 Å². The maximum Gasteiger partial charge on any atom is 0.305 e. The quantitative estimate of drug-likeness (QED) is 0.843. The number of hydrazine groups is 1. The number of carbonyl (C=O) groups is 2. The molecule has 2 aromatic rings. The SMILES string of the molecule is O=C(NNC(=O)c1cccnc1N1CCCCC1)c1ccco1. The van der Waals surface area contributed by atoms with Crippen LogP contribution in [0.15, 0.2) is 41.1 Å². The van der Waals surface area contributed by atoms with Crippen LogP contribution in [-0.2, 0) is 0 Å². The van der Waals surface area contributed by atoms with Crippen LogP contribution in [0.2, 0.25) is 0 Å². The molecule has 0 spiro atoms. The lowest BCUT2D eigenvalue weighted by Gasteiger charge is -2.29. The Morgan fingerprint density at radius 3 is 2.57 bits per heavy atom. The van der Waals surface area contributed by atoms with E-state index in [0.29, 0.717) is 11.4 Å². The summed E-state index contributed by atoms with van der Waals surface area (Å²) >= 11 is 0. The molecular weight excluding hydrogens is 296 g/mol. The van der Waals surface area contributed by atoms with Gasteiger partial charge in [-0.15, -0.1) is 0 Å². The van der Waals surface area contributed by atoms with Gasteiger partial charge in [0.05, 0.1) is 11.8 Å². The topological polar surface area (TPSA) is 87.5 Å². The molecule has 2 aromatic heterocycles. The van der Waals surface area contributed by atoms with E-state index in [0.717, 1.165) is 25.9 Å². The molecule has 0 aromatic carbocycles. The molecule has 0 unspecified atom stereocenters. The number of anilines is 1. The minimum Gasteiger partial charge on any atom is -0.459 e. The van der Waals surface area contributed by atoms with E-state index in [9.17, 15) is 9.59 Å². The lowest BCUT2D eigenvalue weighted by Crippen LogP contribution is -2.42. The van der Waals surface area contributed by atoms with Crippen molar-refractivity contribution >= 4 is 17.6 Å². The monoisotopic (exact) mass is 314 g/mol. The summed E-state index contributed by atoms with van der Waals surface area (Å²) in [7, 11) is 0. The molecule has 23 heavy (non-hydrogen) atoms. The Labute approximate surface area is 133 Å². The Balaban J connectivity index is 1.68. The number of pyridine rings is 1. The van der Waals surface area contributed by atoms with Crippen molar-refractivity contribution in [3.05, 3.63) is 48.0 Å². The number of furan rings is 1. The minimum atomic E-state index is -0.508. The van der Waals surface area contributed by atoms with Crippen molar-refractivity contribution < 1.29 is 14.0 Å². The highest BCUT2D eigenvalue weighted by Crippen LogP contribution is 2.21. The summed E-state index contributed by atoms with van der Waals surface area (Å²) in [6, 6.07) is 6.53. The number of aromatic nitrogens is 1. The first-order valence-electron chi connectivity index (χ1n) is 7.60. The molecule has 1 aliphatic rings. The van der Waals surface area contributed by atoms with Crippen LogP contribution < -0.4 is 15.8 Å². The van der Waals surface area contributed by atoms with E-state index in [2.05, 4.69) is 20.7 Å². The van der Waals surface area contributed by atoms with Crippen LogP contribution in [0.3, 0.4) is 0 Å². The zero-order valence-corrected chi connectivity index (χ0v) is 12.6. The number of hydrogen-bond donors (Lipinski definition) is 2. The van der Waals surface area contributed by atoms with Crippen LogP contribution in [0.25, 0.3) is 0 Å². The van der Waals surface area contributed by atoms with E-state index in [-0.39, 0.29) is 5.76 Å². The van der Waals surface area contributed by atoms with Crippen molar-refractivity contribution in [3.63, 3.8) is 0 Å². The standard InChI is InChI=1S/C16H18N4O3/c21-15(18-19-16(22)13-7-5-11-23-13)12-6-4-8-17-14(12)20-9-2-1-3-10-20/h4-8,11H,1-3,9-10H2,(H,18,21)(H,19,22). The van der Waals surface area contributed by atoms with Gasteiger partial charge in [0, 0.05) is 19.3 Å². The molecular formula is C16H18N4O3. The van der Waals surface area contributed by atoms with Gasteiger partial charge in [0.15, 0.2) is 5.76 Å². The van der Waals surface area contributed by atoms with E-state index in [1.165, 1.54) is 18.8 Å². The summed E-state index contributed by atoms with van der Waals surface area (Å²) in [5.41, 5.74) is 5.18. The third kappa shape index (κ3) is 3.50. The van der Waals surface area contributed by atoms with Gasteiger partial charge in [0.1, 0.15) is 5.82 Å². The Bertz CT molecular complexity index is 678. The van der Waals surface area contributed by atoms with Crippen molar-refractivity contribution in [1.29, 1.82) is 0 Å².